The SMILES string of the molecule is CCC(NC(=O)c1csc(CCN)n1)c1ccccc1OCC(=O)N(C)C. The summed E-state index contributed by atoms with van der Waals surface area (Å²) in [6, 6.07) is 7.17. The minimum atomic E-state index is -0.247. The Labute approximate surface area is 163 Å². The highest BCUT2D eigenvalue weighted by Crippen LogP contribution is 2.27. The van der Waals surface area contributed by atoms with Crippen molar-refractivity contribution >= 4 is 23.2 Å². The van der Waals surface area contributed by atoms with E-state index in [1.165, 1.54) is 16.2 Å². The summed E-state index contributed by atoms with van der Waals surface area (Å²) in [7, 11) is 3.36. The largest absolute Gasteiger partial charge is 0.483 e. The van der Waals surface area contributed by atoms with Crippen LogP contribution in [0.3, 0.4) is 0 Å². The lowest BCUT2D eigenvalue weighted by atomic mass is 10.0. The van der Waals surface area contributed by atoms with Gasteiger partial charge in [-0.25, -0.2) is 4.98 Å². The van der Waals surface area contributed by atoms with Gasteiger partial charge in [0, 0.05) is 31.5 Å². The minimum absolute atomic E-state index is 0.0526. The van der Waals surface area contributed by atoms with Crippen molar-refractivity contribution in [3.05, 3.63) is 45.9 Å². The molecule has 0 spiro atoms. The van der Waals surface area contributed by atoms with E-state index in [-0.39, 0.29) is 24.5 Å². The number of amides is 2. The maximum absolute atomic E-state index is 12.6. The first kappa shape index (κ1) is 20.9. The zero-order valence-corrected chi connectivity index (χ0v) is 16.7. The Kier molecular flexibility index (Phi) is 7.75. The number of hydrogen-bond donors (Lipinski definition) is 2. The standard InChI is InChI=1S/C19H26N4O3S/c1-4-14(22-19(25)15-12-27-17(21-15)9-10-20)13-7-5-6-8-16(13)26-11-18(24)23(2)3/h5-8,12,14H,4,9-11,20H2,1-3H3,(H,22,25). The molecule has 2 rings (SSSR count). The number of nitrogens with one attached hydrogen (secondary N) is 1. The number of para-hydroxylation sites is 1. The van der Waals surface area contributed by atoms with Crippen LogP contribution >= 0.6 is 11.3 Å². The van der Waals surface area contributed by atoms with E-state index >= 15 is 0 Å². The van der Waals surface area contributed by atoms with E-state index in [9.17, 15) is 9.59 Å². The molecule has 2 amide bonds. The van der Waals surface area contributed by atoms with Gasteiger partial charge in [0.2, 0.25) is 0 Å². The molecule has 0 saturated carbocycles. The van der Waals surface area contributed by atoms with E-state index in [1.54, 1.807) is 25.5 Å². The van der Waals surface area contributed by atoms with Crippen molar-refractivity contribution in [2.75, 3.05) is 27.2 Å². The summed E-state index contributed by atoms with van der Waals surface area (Å²) in [6.07, 6.45) is 1.33. The number of ether oxygens (including phenoxy) is 1. The van der Waals surface area contributed by atoms with Crippen molar-refractivity contribution < 1.29 is 14.3 Å². The Balaban J connectivity index is 2.11. The van der Waals surface area contributed by atoms with Gasteiger partial charge in [-0.1, -0.05) is 25.1 Å². The minimum Gasteiger partial charge on any atom is -0.483 e. The third-order valence-corrected chi connectivity index (χ3v) is 4.91. The first-order chi connectivity index (χ1) is 13.0. The molecule has 27 heavy (non-hydrogen) atoms. The van der Waals surface area contributed by atoms with Gasteiger partial charge in [-0.2, -0.15) is 0 Å². The molecular weight excluding hydrogens is 364 g/mol. The summed E-state index contributed by atoms with van der Waals surface area (Å²) in [6.45, 7) is 2.43. The number of carbonyl (C=O) groups is 2. The van der Waals surface area contributed by atoms with Crippen molar-refractivity contribution in [3.63, 3.8) is 0 Å². The lowest BCUT2D eigenvalue weighted by Crippen LogP contribution is -2.30. The monoisotopic (exact) mass is 390 g/mol. The zero-order valence-electron chi connectivity index (χ0n) is 15.9. The number of likely N-dealkylation sites (N-methyl/N-ethyl adjacent to an activating group) is 1. The number of hydrogen-bond acceptors (Lipinski definition) is 6. The molecule has 3 N–H and O–H groups in total. The van der Waals surface area contributed by atoms with Crippen LogP contribution in [0, 0.1) is 0 Å². The second-order valence-corrected chi connectivity index (χ2v) is 7.16. The second-order valence-electron chi connectivity index (χ2n) is 6.21. The lowest BCUT2D eigenvalue weighted by Gasteiger charge is -2.20. The highest BCUT2D eigenvalue weighted by molar-refractivity contribution is 7.09. The van der Waals surface area contributed by atoms with Crippen molar-refractivity contribution in [2.24, 2.45) is 5.73 Å². The number of thiazole rings is 1. The average molecular weight is 391 g/mol. The van der Waals surface area contributed by atoms with Crippen molar-refractivity contribution in [1.82, 2.24) is 15.2 Å². The van der Waals surface area contributed by atoms with Gasteiger partial charge >= 0.3 is 0 Å². The van der Waals surface area contributed by atoms with Crippen LogP contribution in [0.15, 0.2) is 29.6 Å². The lowest BCUT2D eigenvalue weighted by molar-refractivity contribution is -0.130. The van der Waals surface area contributed by atoms with Crippen LogP contribution in [-0.4, -0.2) is 48.9 Å². The fraction of sp³-hybridized carbons (Fsp3) is 0.421. The summed E-state index contributed by atoms with van der Waals surface area (Å²) < 4.78 is 5.70. The van der Waals surface area contributed by atoms with E-state index < -0.39 is 0 Å². The molecule has 7 nitrogen and oxygen atoms in total. The van der Waals surface area contributed by atoms with Crippen LogP contribution in [0.1, 0.15) is 40.4 Å². The normalized spacial score (nSPS) is 11.7. The van der Waals surface area contributed by atoms with Crippen LogP contribution in [0.2, 0.25) is 0 Å². The number of benzene rings is 1. The summed E-state index contributed by atoms with van der Waals surface area (Å²) >= 11 is 1.43. The Bertz CT molecular complexity index is 776. The fourth-order valence-electron chi connectivity index (χ4n) is 2.45. The molecule has 2 aromatic rings. The molecule has 1 atom stereocenters. The molecule has 1 unspecified atom stereocenters. The van der Waals surface area contributed by atoms with Gasteiger partial charge in [0.1, 0.15) is 11.4 Å². The number of nitrogens with zero attached hydrogens (tertiary/aromatic N) is 2. The van der Waals surface area contributed by atoms with E-state index in [4.69, 9.17) is 10.5 Å². The van der Waals surface area contributed by atoms with Crippen LogP contribution in [0.5, 0.6) is 5.75 Å². The molecule has 1 aromatic carbocycles. The second kappa shape index (κ2) is 10.0. The van der Waals surface area contributed by atoms with Gasteiger partial charge in [0.15, 0.2) is 6.61 Å². The number of rotatable bonds is 9. The number of nitrogens with two attached hydrogens (primary N) is 1. The zero-order chi connectivity index (χ0) is 19.8. The first-order valence-electron chi connectivity index (χ1n) is 8.83. The highest BCUT2D eigenvalue weighted by atomic mass is 32.1. The summed E-state index contributed by atoms with van der Waals surface area (Å²) in [5.74, 6) is 0.222. The molecule has 146 valence electrons. The van der Waals surface area contributed by atoms with Crippen LogP contribution in [0.25, 0.3) is 0 Å². The third-order valence-electron chi connectivity index (χ3n) is 4.00. The molecule has 0 bridgehead atoms. The average Bonchev–Trinajstić information content (AvgIpc) is 3.13. The highest BCUT2D eigenvalue weighted by Gasteiger charge is 2.20. The summed E-state index contributed by atoms with van der Waals surface area (Å²) in [5, 5.41) is 5.59. The van der Waals surface area contributed by atoms with Crippen LogP contribution < -0.4 is 15.8 Å². The maximum atomic E-state index is 12.6. The Morgan fingerprint density at radius 2 is 2.07 bits per heavy atom. The molecule has 0 fully saturated rings. The molecule has 1 heterocycles. The predicted molar refractivity (Wildman–Crippen MR) is 106 cm³/mol. The van der Waals surface area contributed by atoms with Crippen molar-refractivity contribution in [3.8, 4) is 5.75 Å². The third kappa shape index (κ3) is 5.77. The van der Waals surface area contributed by atoms with Gasteiger partial charge in [-0.3, -0.25) is 9.59 Å². The molecule has 0 radical (unpaired) electrons. The molecule has 8 heteroatoms. The van der Waals surface area contributed by atoms with E-state index in [0.717, 1.165) is 10.6 Å². The number of aromatic nitrogens is 1. The van der Waals surface area contributed by atoms with Gasteiger partial charge in [0.25, 0.3) is 11.8 Å². The molecule has 1 aromatic heterocycles. The van der Waals surface area contributed by atoms with Crippen LogP contribution in [-0.2, 0) is 11.2 Å². The smallest absolute Gasteiger partial charge is 0.271 e. The molecule has 0 saturated heterocycles. The van der Waals surface area contributed by atoms with Gasteiger partial charge in [-0.15, -0.1) is 11.3 Å². The first-order valence-corrected chi connectivity index (χ1v) is 9.71. The quantitative estimate of drug-likeness (QED) is 0.682. The van der Waals surface area contributed by atoms with Gasteiger partial charge in [0.05, 0.1) is 11.0 Å². The summed E-state index contributed by atoms with van der Waals surface area (Å²) in [4.78, 5) is 30.2. The van der Waals surface area contributed by atoms with Crippen molar-refractivity contribution in [1.29, 1.82) is 0 Å². The molecular formula is C19H26N4O3S. The van der Waals surface area contributed by atoms with Crippen molar-refractivity contribution in [2.45, 2.75) is 25.8 Å². The Hall–Kier alpha value is -2.45. The van der Waals surface area contributed by atoms with Crippen LogP contribution in [0.4, 0.5) is 0 Å². The molecule has 0 aliphatic rings. The van der Waals surface area contributed by atoms with E-state index in [0.29, 0.717) is 30.8 Å². The number of carbonyl (C=O) groups excluding carboxylic acids is 2. The maximum Gasteiger partial charge on any atom is 0.271 e. The Morgan fingerprint density at radius 1 is 1.33 bits per heavy atom. The molecule has 0 aliphatic heterocycles. The molecule has 0 aliphatic carbocycles. The Morgan fingerprint density at radius 3 is 2.74 bits per heavy atom. The van der Waals surface area contributed by atoms with E-state index in [1.807, 2.05) is 25.1 Å². The van der Waals surface area contributed by atoms with Gasteiger partial charge < -0.3 is 20.7 Å². The fourth-order valence-corrected chi connectivity index (χ4v) is 3.25. The summed E-state index contributed by atoms with van der Waals surface area (Å²) in [5.41, 5.74) is 6.76. The van der Waals surface area contributed by atoms with E-state index in [2.05, 4.69) is 10.3 Å². The predicted octanol–water partition coefficient (Wildman–Crippen LogP) is 1.99. The van der Waals surface area contributed by atoms with Gasteiger partial charge in [-0.05, 0) is 19.0 Å². The topological polar surface area (TPSA) is 97.5 Å².